The second-order valence-electron chi connectivity index (χ2n) is 8.34. The second-order valence-corrected chi connectivity index (χ2v) is 8.72. The standard InChI is InChI=1S/C21H21ClFN7/c1-29-9-13-15(28-29)4-3-11(18(13)22)12-7-26-21-20(12)25-8-17(27-21)30-10-2-5-16(30)19(23)14(24)6-10/h3-4,7-10,14,16,19H,2,5-6,24H2,1H3,(H,26,27)/t10-,14+,16+,19-/m1/s1. The molecule has 4 atom stereocenters. The molecule has 0 unspecified atom stereocenters. The first-order valence-corrected chi connectivity index (χ1v) is 10.5. The number of aromatic amines is 1. The van der Waals surface area contributed by atoms with Gasteiger partial charge in [0.05, 0.1) is 22.8 Å². The molecule has 0 spiro atoms. The van der Waals surface area contributed by atoms with Crippen LogP contribution in [0.25, 0.3) is 33.2 Å². The Labute approximate surface area is 177 Å². The Morgan fingerprint density at radius 1 is 1.27 bits per heavy atom. The Bertz CT molecular complexity index is 1280. The molecule has 2 aliphatic rings. The van der Waals surface area contributed by atoms with Crippen molar-refractivity contribution < 1.29 is 4.39 Å². The zero-order chi connectivity index (χ0) is 20.6. The van der Waals surface area contributed by atoms with Gasteiger partial charge in [0.25, 0.3) is 0 Å². The van der Waals surface area contributed by atoms with Gasteiger partial charge >= 0.3 is 0 Å². The van der Waals surface area contributed by atoms with E-state index in [0.717, 1.165) is 40.4 Å². The first kappa shape index (κ1) is 18.1. The lowest BCUT2D eigenvalue weighted by Gasteiger charge is -2.40. The number of halogens is 2. The molecule has 0 saturated carbocycles. The van der Waals surface area contributed by atoms with Crippen LogP contribution in [0.3, 0.4) is 0 Å². The van der Waals surface area contributed by atoms with Crippen molar-refractivity contribution >= 4 is 39.5 Å². The average Bonchev–Trinajstić information content (AvgIpc) is 3.41. The predicted octanol–water partition coefficient (Wildman–Crippen LogP) is 3.57. The summed E-state index contributed by atoms with van der Waals surface area (Å²) in [5.41, 5.74) is 9.99. The van der Waals surface area contributed by atoms with Crippen molar-refractivity contribution in [3.05, 3.63) is 35.7 Å². The lowest BCUT2D eigenvalue weighted by Crippen LogP contribution is -2.55. The summed E-state index contributed by atoms with van der Waals surface area (Å²) in [7, 11) is 1.87. The maximum absolute atomic E-state index is 14.7. The van der Waals surface area contributed by atoms with Gasteiger partial charge in [0.15, 0.2) is 5.65 Å². The fourth-order valence-corrected chi connectivity index (χ4v) is 5.46. The van der Waals surface area contributed by atoms with Crippen molar-refractivity contribution in [3.63, 3.8) is 0 Å². The molecule has 0 amide bonds. The SMILES string of the molecule is Cn1cc2c(Cl)c(-c3c[nH]c4nc(N5[C@@H]6CC[C@H]5[C@H](F)[C@@H](N)C6)cnc34)ccc2n1. The summed E-state index contributed by atoms with van der Waals surface area (Å²) in [4.78, 5) is 14.8. The van der Waals surface area contributed by atoms with Crippen molar-refractivity contribution in [3.8, 4) is 11.1 Å². The number of anilines is 1. The monoisotopic (exact) mass is 425 g/mol. The highest BCUT2D eigenvalue weighted by Crippen LogP contribution is 2.41. The second kappa shape index (κ2) is 6.39. The van der Waals surface area contributed by atoms with Crippen molar-refractivity contribution in [2.75, 3.05) is 4.90 Å². The van der Waals surface area contributed by atoms with Gasteiger partial charge in [-0.1, -0.05) is 17.7 Å². The maximum Gasteiger partial charge on any atom is 0.159 e. The highest BCUT2D eigenvalue weighted by molar-refractivity contribution is 6.38. The Kier molecular flexibility index (Phi) is 3.85. The Morgan fingerprint density at radius 2 is 2.13 bits per heavy atom. The van der Waals surface area contributed by atoms with Crippen LogP contribution >= 0.6 is 11.6 Å². The van der Waals surface area contributed by atoms with Crippen LogP contribution in [0.5, 0.6) is 0 Å². The number of aryl methyl sites for hydroxylation is 1. The molecule has 2 fully saturated rings. The number of aromatic nitrogens is 5. The van der Waals surface area contributed by atoms with Gasteiger partial charge < -0.3 is 15.6 Å². The number of nitrogens with one attached hydrogen (secondary N) is 1. The van der Waals surface area contributed by atoms with E-state index in [1.165, 1.54) is 0 Å². The van der Waals surface area contributed by atoms with E-state index < -0.39 is 12.2 Å². The van der Waals surface area contributed by atoms with E-state index in [0.29, 0.717) is 22.9 Å². The number of nitrogens with two attached hydrogens (primary N) is 1. The van der Waals surface area contributed by atoms with Gasteiger partial charge in [-0.2, -0.15) is 5.10 Å². The molecular weight excluding hydrogens is 405 g/mol. The van der Waals surface area contributed by atoms with Crippen LogP contribution < -0.4 is 10.6 Å². The average molecular weight is 426 g/mol. The molecule has 2 bridgehead atoms. The largest absolute Gasteiger partial charge is 0.346 e. The van der Waals surface area contributed by atoms with E-state index in [2.05, 4.69) is 15.0 Å². The minimum atomic E-state index is -1.04. The van der Waals surface area contributed by atoms with Gasteiger partial charge in [-0.15, -0.1) is 0 Å². The summed E-state index contributed by atoms with van der Waals surface area (Å²) >= 11 is 6.70. The summed E-state index contributed by atoms with van der Waals surface area (Å²) in [6.07, 6.45) is 6.87. The van der Waals surface area contributed by atoms with Crippen LogP contribution in [-0.2, 0) is 7.05 Å². The number of nitrogens with zero attached hydrogens (tertiary/aromatic N) is 5. The third-order valence-corrected chi connectivity index (χ3v) is 6.94. The molecule has 5 heterocycles. The van der Waals surface area contributed by atoms with Crippen molar-refractivity contribution in [2.45, 2.75) is 43.6 Å². The zero-order valence-electron chi connectivity index (χ0n) is 16.4. The first-order valence-electron chi connectivity index (χ1n) is 10.2. The van der Waals surface area contributed by atoms with E-state index >= 15 is 0 Å². The van der Waals surface area contributed by atoms with Gasteiger partial charge in [0.1, 0.15) is 17.5 Å². The topological polar surface area (TPSA) is 88.7 Å². The number of hydrogen-bond acceptors (Lipinski definition) is 5. The molecule has 1 aromatic carbocycles. The molecule has 154 valence electrons. The van der Waals surface area contributed by atoms with Crippen LogP contribution in [0.2, 0.25) is 5.02 Å². The van der Waals surface area contributed by atoms with Crippen LogP contribution in [0.1, 0.15) is 19.3 Å². The van der Waals surface area contributed by atoms with Gasteiger partial charge in [-0.05, 0) is 25.3 Å². The van der Waals surface area contributed by atoms with E-state index in [1.807, 2.05) is 31.6 Å². The molecule has 3 N–H and O–H groups in total. The molecule has 0 aliphatic carbocycles. The number of rotatable bonds is 2. The van der Waals surface area contributed by atoms with Gasteiger partial charge in [-0.3, -0.25) is 4.68 Å². The van der Waals surface area contributed by atoms with Crippen LogP contribution in [0, 0.1) is 0 Å². The van der Waals surface area contributed by atoms with Gasteiger partial charge in [0.2, 0.25) is 0 Å². The summed E-state index contributed by atoms with van der Waals surface area (Å²) in [6.45, 7) is 0. The summed E-state index contributed by atoms with van der Waals surface area (Å²) in [5.74, 6) is 0.701. The third-order valence-electron chi connectivity index (χ3n) is 6.53. The zero-order valence-corrected chi connectivity index (χ0v) is 17.1. The van der Waals surface area contributed by atoms with E-state index in [-0.39, 0.29) is 12.1 Å². The molecule has 6 rings (SSSR count). The molecule has 3 aromatic heterocycles. The minimum Gasteiger partial charge on any atom is -0.346 e. The Hall–Kier alpha value is -2.71. The maximum atomic E-state index is 14.7. The van der Waals surface area contributed by atoms with E-state index in [9.17, 15) is 4.39 Å². The van der Waals surface area contributed by atoms with Crippen molar-refractivity contribution in [2.24, 2.45) is 12.8 Å². The molecule has 9 heteroatoms. The normalized spacial score (nSPS) is 26.2. The minimum absolute atomic E-state index is 0.220. The van der Waals surface area contributed by atoms with Gasteiger partial charge in [0, 0.05) is 48.0 Å². The molecule has 30 heavy (non-hydrogen) atoms. The summed E-state index contributed by atoms with van der Waals surface area (Å²) in [6, 6.07) is 3.52. The molecular formula is C21H21ClFN7. The number of benzene rings is 1. The molecule has 0 radical (unpaired) electrons. The van der Waals surface area contributed by atoms with E-state index in [1.54, 1.807) is 10.9 Å². The number of alkyl halides is 1. The quantitative estimate of drug-likeness (QED) is 0.512. The molecule has 7 nitrogen and oxygen atoms in total. The Balaban J connectivity index is 1.42. The smallest absolute Gasteiger partial charge is 0.159 e. The molecule has 2 saturated heterocycles. The molecule has 2 aliphatic heterocycles. The summed E-state index contributed by atoms with van der Waals surface area (Å²) in [5, 5.41) is 5.93. The number of piperidine rings is 1. The lowest BCUT2D eigenvalue weighted by atomic mass is 9.96. The highest BCUT2D eigenvalue weighted by atomic mass is 35.5. The fraction of sp³-hybridized carbons (Fsp3) is 0.381. The fourth-order valence-electron chi connectivity index (χ4n) is 5.15. The number of hydrogen-bond donors (Lipinski definition) is 2. The van der Waals surface area contributed by atoms with E-state index in [4.69, 9.17) is 27.3 Å². The highest BCUT2D eigenvalue weighted by Gasteiger charge is 2.47. The number of H-pyrrole nitrogens is 1. The third kappa shape index (κ3) is 2.50. The summed E-state index contributed by atoms with van der Waals surface area (Å²) < 4.78 is 16.4. The Morgan fingerprint density at radius 3 is 3.00 bits per heavy atom. The lowest BCUT2D eigenvalue weighted by molar-refractivity contribution is 0.203. The van der Waals surface area contributed by atoms with Crippen LogP contribution in [0.15, 0.2) is 30.7 Å². The number of fused-ring (bicyclic) bond motifs is 4. The molecule has 4 aromatic rings. The van der Waals surface area contributed by atoms with Crippen molar-refractivity contribution in [1.29, 1.82) is 0 Å². The van der Waals surface area contributed by atoms with Gasteiger partial charge in [-0.25, -0.2) is 14.4 Å². The predicted molar refractivity (Wildman–Crippen MR) is 115 cm³/mol. The first-order chi connectivity index (χ1) is 14.5. The van der Waals surface area contributed by atoms with Crippen molar-refractivity contribution in [1.82, 2.24) is 24.7 Å². The van der Waals surface area contributed by atoms with Crippen LogP contribution in [0.4, 0.5) is 10.2 Å². The van der Waals surface area contributed by atoms with Crippen LogP contribution in [-0.4, -0.2) is 49.0 Å².